The highest BCUT2D eigenvalue weighted by atomic mass is 79.9. The molecule has 0 fully saturated rings. The first-order chi connectivity index (χ1) is 8.22. The molecule has 0 N–H and O–H groups in total. The average molecular weight is 297 g/mol. The van der Waals surface area contributed by atoms with Crippen LogP contribution in [0.3, 0.4) is 0 Å². The lowest BCUT2D eigenvalue weighted by Crippen LogP contribution is -1.92. The fourth-order valence-corrected chi connectivity index (χ4v) is 1.67. The number of rotatable bonds is 3. The average Bonchev–Trinajstić information content (AvgIpc) is 2.38. The van der Waals surface area contributed by atoms with Crippen molar-refractivity contribution < 1.29 is 9.13 Å². The summed E-state index contributed by atoms with van der Waals surface area (Å²) in [5, 5.41) is 0.694. The van der Waals surface area contributed by atoms with Gasteiger partial charge in [-0.05, 0) is 17.7 Å². The highest BCUT2D eigenvalue weighted by Crippen LogP contribution is 2.22. The molecule has 0 saturated carbocycles. The van der Waals surface area contributed by atoms with Gasteiger partial charge in [-0.1, -0.05) is 15.9 Å². The third kappa shape index (κ3) is 2.79. The van der Waals surface area contributed by atoms with Gasteiger partial charge < -0.3 is 4.74 Å². The summed E-state index contributed by atoms with van der Waals surface area (Å²) in [4.78, 5) is 8.35. The SMILES string of the molecule is COc1cc(F)cc(-c2ncc(CBr)cn2)c1. The van der Waals surface area contributed by atoms with Gasteiger partial charge in [0.05, 0.1) is 7.11 Å². The summed E-state index contributed by atoms with van der Waals surface area (Å²) < 4.78 is 18.3. The number of hydrogen-bond donors (Lipinski definition) is 0. The summed E-state index contributed by atoms with van der Waals surface area (Å²) in [6.07, 6.45) is 3.41. The molecule has 88 valence electrons. The van der Waals surface area contributed by atoms with Crippen LogP contribution in [0.2, 0.25) is 0 Å². The van der Waals surface area contributed by atoms with Crippen molar-refractivity contribution in [2.24, 2.45) is 0 Å². The van der Waals surface area contributed by atoms with Crippen molar-refractivity contribution in [3.63, 3.8) is 0 Å². The molecule has 3 nitrogen and oxygen atoms in total. The highest BCUT2D eigenvalue weighted by Gasteiger charge is 2.06. The van der Waals surface area contributed by atoms with Crippen molar-refractivity contribution in [3.8, 4) is 17.1 Å². The maximum absolute atomic E-state index is 13.3. The Morgan fingerprint density at radius 2 is 1.94 bits per heavy atom. The molecule has 0 aliphatic heterocycles. The zero-order valence-corrected chi connectivity index (χ0v) is 10.7. The maximum Gasteiger partial charge on any atom is 0.159 e. The number of methoxy groups -OCH3 is 1. The van der Waals surface area contributed by atoms with Gasteiger partial charge in [0.25, 0.3) is 0 Å². The molecule has 0 aliphatic rings. The van der Waals surface area contributed by atoms with E-state index in [0.717, 1.165) is 5.56 Å². The first-order valence-corrected chi connectivity index (χ1v) is 6.07. The van der Waals surface area contributed by atoms with E-state index in [1.165, 1.54) is 19.2 Å². The van der Waals surface area contributed by atoms with Crippen LogP contribution >= 0.6 is 15.9 Å². The predicted octanol–water partition coefficient (Wildman–Crippen LogP) is 3.19. The predicted molar refractivity (Wildman–Crippen MR) is 66.6 cm³/mol. The number of aromatic nitrogens is 2. The van der Waals surface area contributed by atoms with Crippen molar-refractivity contribution in [1.29, 1.82) is 0 Å². The minimum absolute atomic E-state index is 0.368. The van der Waals surface area contributed by atoms with Crippen LogP contribution in [0.1, 0.15) is 5.56 Å². The Labute approximate surface area is 107 Å². The van der Waals surface area contributed by atoms with Crippen LogP contribution in [-0.4, -0.2) is 17.1 Å². The number of ether oxygens (including phenoxy) is 1. The molecule has 0 saturated heterocycles. The fourth-order valence-electron chi connectivity index (χ4n) is 1.38. The number of hydrogen-bond acceptors (Lipinski definition) is 3. The van der Waals surface area contributed by atoms with E-state index in [1.54, 1.807) is 18.5 Å². The summed E-state index contributed by atoms with van der Waals surface area (Å²) in [6, 6.07) is 4.40. The summed E-state index contributed by atoms with van der Waals surface area (Å²) in [5.41, 5.74) is 1.57. The zero-order valence-electron chi connectivity index (χ0n) is 9.15. The largest absolute Gasteiger partial charge is 0.497 e. The second kappa shape index (κ2) is 5.23. The van der Waals surface area contributed by atoms with E-state index in [2.05, 4.69) is 25.9 Å². The molecule has 0 unspecified atom stereocenters. The Kier molecular flexibility index (Phi) is 3.68. The molecule has 5 heteroatoms. The molecule has 0 radical (unpaired) electrons. The third-order valence-corrected chi connectivity index (χ3v) is 2.87. The lowest BCUT2D eigenvalue weighted by atomic mass is 10.2. The van der Waals surface area contributed by atoms with Gasteiger partial charge in [0.1, 0.15) is 11.6 Å². The van der Waals surface area contributed by atoms with Crippen LogP contribution in [0.4, 0.5) is 4.39 Å². The van der Waals surface area contributed by atoms with Gasteiger partial charge in [0, 0.05) is 29.4 Å². The van der Waals surface area contributed by atoms with Crippen LogP contribution in [0.15, 0.2) is 30.6 Å². The van der Waals surface area contributed by atoms with Crippen LogP contribution in [0, 0.1) is 5.82 Å². The topological polar surface area (TPSA) is 35.0 Å². The molecule has 1 heterocycles. The molecule has 0 aliphatic carbocycles. The monoisotopic (exact) mass is 296 g/mol. The lowest BCUT2D eigenvalue weighted by Gasteiger charge is -2.04. The van der Waals surface area contributed by atoms with Crippen molar-refractivity contribution in [3.05, 3.63) is 42.0 Å². The molecule has 17 heavy (non-hydrogen) atoms. The van der Waals surface area contributed by atoms with Crippen LogP contribution in [0.25, 0.3) is 11.4 Å². The fraction of sp³-hybridized carbons (Fsp3) is 0.167. The Morgan fingerprint density at radius 3 is 2.53 bits per heavy atom. The van der Waals surface area contributed by atoms with E-state index in [0.29, 0.717) is 22.5 Å². The van der Waals surface area contributed by atoms with Crippen LogP contribution in [-0.2, 0) is 5.33 Å². The highest BCUT2D eigenvalue weighted by molar-refractivity contribution is 9.08. The van der Waals surface area contributed by atoms with Crippen LogP contribution in [0.5, 0.6) is 5.75 Å². The Balaban J connectivity index is 2.41. The molecule has 1 aromatic carbocycles. The summed E-state index contributed by atoms with van der Waals surface area (Å²) in [7, 11) is 1.49. The first kappa shape index (κ1) is 12.0. The van der Waals surface area contributed by atoms with Crippen LogP contribution < -0.4 is 4.74 Å². The second-order valence-electron chi connectivity index (χ2n) is 3.43. The van der Waals surface area contributed by atoms with E-state index in [1.807, 2.05) is 0 Å². The van der Waals surface area contributed by atoms with Gasteiger partial charge in [0.2, 0.25) is 0 Å². The molecular weight excluding hydrogens is 287 g/mol. The normalized spacial score (nSPS) is 10.3. The van der Waals surface area contributed by atoms with Crippen molar-refractivity contribution in [1.82, 2.24) is 9.97 Å². The minimum atomic E-state index is -0.368. The molecule has 0 spiro atoms. The van der Waals surface area contributed by atoms with Gasteiger partial charge in [-0.2, -0.15) is 0 Å². The quantitative estimate of drug-likeness (QED) is 0.816. The number of halogens is 2. The molecule has 2 aromatic rings. The molecule has 0 bridgehead atoms. The molecule has 1 aromatic heterocycles. The lowest BCUT2D eigenvalue weighted by molar-refractivity contribution is 0.411. The number of benzene rings is 1. The zero-order chi connectivity index (χ0) is 12.3. The first-order valence-electron chi connectivity index (χ1n) is 4.95. The number of alkyl halides is 1. The Bertz CT molecular complexity index is 516. The van der Waals surface area contributed by atoms with Crippen molar-refractivity contribution >= 4 is 15.9 Å². The van der Waals surface area contributed by atoms with Crippen molar-refractivity contribution in [2.45, 2.75) is 5.33 Å². The van der Waals surface area contributed by atoms with E-state index in [4.69, 9.17) is 4.74 Å². The Morgan fingerprint density at radius 1 is 1.24 bits per heavy atom. The smallest absolute Gasteiger partial charge is 0.159 e. The summed E-state index contributed by atoms with van der Waals surface area (Å²) in [5.74, 6) is 0.563. The molecular formula is C12H10BrFN2O. The van der Waals surface area contributed by atoms with E-state index < -0.39 is 0 Å². The van der Waals surface area contributed by atoms with Gasteiger partial charge >= 0.3 is 0 Å². The molecule has 2 rings (SSSR count). The molecule has 0 atom stereocenters. The van der Waals surface area contributed by atoms with E-state index in [9.17, 15) is 4.39 Å². The van der Waals surface area contributed by atoms with Crippen molar-refractivity contribution in [2.75, 3.05) is 7.11 Å². The van der Waals surface area contributed by atoms with Gasteiger partial charge in [0.15, 0.2) is 5.82 Å². The standard InChI is InChI=1S/C12H10BrFN2O/c1-17-11-3-9(2-10(14)4-11)12-15-6-8(5-13)7-16-12/h2-4,6-7H,5H2,1H3. The Hall–Kier alpha value is -1.49. The maximum atomic E-state index is 13.3. The van der Waals surface area contributed by atoms with E-state index >= 15 is 0 Å². The van der Waals surface area contributed by atoms with Gasteiger partial charge in [-0.3, -0.25) is 0 Å². The minimum Gasteiger partial charge on any atom is -0.497 e. The summed E-state index contributed by atoms with van der Waals surface area (Å²) >= 11 is 3.31. The van der Waals surface area contributed by atoms with Gasteiger partial charge in [-0.25, -0.2) is 14.4 Å². The third-order valence-electron chi connectivity index (χ3n) is 2.22. The van der Waals surface area contributed by atoms with Gasteiger partial charge in [-0.15, -0.1) is 0 Å². The second-order valence-corrected chi connectivity index (χ2v) is 3.99. The number of nitrogens with zero attached hydrogens (tertiary/aromatic N) is 2. The summed E-state index contributed by atoms with van der Waals surface area (Å²) in [6.45, 7) is 0. The van der Waals surface area contributed by atoms with E-state index in [-0.39, 0.29) is 5.82 Å². The molecule has 0 amide bonds.